The van der Waals surface area contributed by atoms with Gasteiger partial charge in [-0.1, -0.05) is 38.1 Å². The van der Waals surface area contributed by atoms with Crippen molar-refractivity contribution < 1.29 is 13.6 Å². The van der Waals surface area contributed by atoms with Gasteiger partial charge < -0.3 is 0 Å². The molecule has 15 heavy (non-hydrogen) atoms. The van der Waals surface area contributed by atoms with Crippen LogP contribution in [0.15, 0.2) is 24.3 Å². The molecule has 1 rings (SSSR count). The van der Waals surface area contributed by atoms with Gasteiger partial charge in [-0.05, 0) is 12.5 Å². The molecule has 0 saturated carbocycles. The van der Waals surface area contributed by atoms with Gasteiger partial charge in [0.05, 0.1) is 0 Å². The second-order valence-corrected chi connectivity index (χ2v) is 3.92. The zero-order valence-electron chi connectivity index (χ0n) is 9.05. The van der Waals surface area contributed by atoms with E-state index in [1.54, 1.807) is 25.1 Å². The predicted molar refractivity (Wildman–Crippen MR) is 55.3 cm³/mol. The molecule has 0 bridgehead atoms. The van der Waals surface area contributed by atoms with E-state index in [0.717, 1.165) is 0 Å². The first-order chi connectivity index (χ1) is 6.87. The zero-order valence-corrected chi connectivity index (χ0v) is 9.05. The molecule has 0 saturated heterocycles. The lowest BCUT2D eigenvalue weighted by atomic mass is 9.94. The van der Waals surface area contributed by atoms with Crippen LogP contribution in [0.2, 0.25) is 0 Å². The van der Waals surface area contributed by atoms with E-state index in [2.05, 4.69) is 0 Å². The van der Waals surface area contributed by atoms with E-state index in [4.69, 9.17) is 0 Å². The van der Waals surface area contributed by atoms with Gasteiger partial charge in [0.15, 0.2) is 0 Å². The standard InChI is InChI=1S/C12H14F2O/c1-8(2)12(13,14)11(15)10-7-5-4-6-9(10)3/h4-8H,1-3H3. The van der Waals surface area contributed by atoms with Crippen molar-refractivity contribution in [2.24, 2.45) is 5.92 Å². The number of ketones is 1. The largest absolute Gasteiger partial charge is 0.311 e. The van der Waals surface area contributed by atoms with Crippen molar-refractivity contribution in [1.82, 2.24) is 0 Å². The molecule has 82 valence electrons. The maximum Gasteiger partial charge on any atom is 0.311 e. The summed E-state index contributed by atoms with van der Waals surface area (Å²) in [6.07, 6.45) is 0. The molecule has 0 aromatic heterocycles. The van der Waals surface area contributed by atoms with Crippen molar-refractivity contribution in [2.75, 3.05) is 0 Å². The molecule has 3 heteroatoms. The van der Waals surface area contributed by atoms with Crippen LogP contribution in [-0.2, 0) is 0 Å². The lowest BCUT2D eigenvalue weighted by Gasteiger charge is -2.19. The molecule has 0 spiro atoms. The third-order valence-corrected chi connectivity index (χ3v) is 2.42. The minimum absolute atomic E-state index is 0.108. The number of aryl methyl sites for hydroxylation is 1. The highest BCUT2D eigenvalue weighted by Gasteiger charge is 2.42. The molecule has 0 aliphatic heterocycles. The molecule has 0 aliphatic rings. The van der Waals surface area contributed by atoms with E-state index in [1.807, 2.05) is 0 Å². The van der Waals surface area contributed by atoms with Crippen molar-refractivity contribution in [3.8, 4) is 0 Å². The van der Waals surface area contributed by atoms with Crippen molar-refractivity contribution in [1.29, 1.82) is 0 Å². The van der Waals surface area contributed by atoms with Gasteiger partial charge in [-0.15, -0.1) is 0 Å². The number of alkyl halides is 2. The first-order valence-electron chi connectivity index (χ1n) is 4.85. The maximum absolute atomic E-state index is 13.5. The molecule has 1 nitrogen and oxygen atoms in total. The van der Waals surface area contributed by atoms with Gasteiger partial charge in [0, 0.05) is 11.5 Å². The maximum atomic E-state index is 13.5. The highest BCUT2D eigenvalue weighted by molar-refractivity contribution is 6.02. The van der Waals surface area contributed by atoms with Gasteiger partial charge in [-0.3, -0.25) is 4.79 Å². The van der Waals surface area contributed by atoms with Gasteiger partial charge in [0.25, 0.3) is 0 Å². The summed E-state index contributed by atoms with van der Waals surface area (Å²) in [6, 6.07) is 6.41. The van der Waals surface area contributed by atoms with Gasteiger partial charge in [-0.2, -0.15) is 8.78 Å². The quantitative estimate of drug-likeness (QED) is 0.701. The molecular formula is C12H14F2O. The van der Waals surface area contributed by atoms with Crippen LogP contribution in [0.3, 0.4) is 0 Å². The monoisotopic (exact) mass is 212 g/mol. The van der Waals surface area contributed by atoms with E-state index >= 15 is 0 Å². The number of carbonyl (C=O) groups excluding carboxylic acids is 1. The SMILES string of the molecule is Cc1ccccc1C(=O)C(F)(F)C(C)C. The van der Waals surface area contributed by atoms with Gasteiger partial charge in [0.1, 0.15) is 0 Å². The van der Waals surface area contributed by atoms with Gasteiger partial charge in [0.2, 0.25) is 5.78 Å². The molecule has 1 aromatic rings. The van der Waals surface area contributed by atoms with Crippen LogP contribution >= 0.6 is 0 Å². The summed E-state index contributed by atoms with van der Waals surface area (Å²) in [4.78, 5) is 11.6. The number of halogens is 2. The summed E-state index contributed by atoms with van der Waals surface area (Å²) < 4.78 is 26.9. The summed E-state index contributed by atoms with van der Waals surface area (Å²) in [5.74, 6) is -5.35. The summed E-state index contributed by atoms with van der Waals surface area (Å²) in [5, 5.41) is 0. The molecule has 0 unspecified atom stereocenters. The Hall–Kier alpha value is -1.25. The Morgan fingerprint density at radius 1 is 1.27 bits per heavy atom. The number of hydrogen-bond donors (Lipinski definition) is 0. The minimum Gasteiger partial charge on any atom is -0.287 e. The molecule has 0 heterocycles. The van der Waals surface area contributed by atoms with E-state index in [1.165, 1.54) is 19.9 Å². The van der Waals surface area contributed by atoms with Gasteiger partial charge in [-0.25, -0.2) is 0 Å². The highest BCUT2D eigenvalue weighted by atomic mass is 19.3. The van der Waals surface area contributed by atoms with Crippen LogP contribution in [-0.4, -0.2) is 11.7 Å². The summed E-state index contributed by atoms with van der Waals surface area (Å²) in [5.41, 5.74) is 0.694. The Morgan fingerprint density at radius 2 is 1.80 bits per heavy atom. The number of benzene rings is 1. The topological polar surface area (TPSA) is 17.1 Å². The van der Waals surface area contributed by atoms with Crippen LogP contribution in [0.4, 0.5) is 8.78 Å². The Morgan fingerprint density at radius 3 is 2.27 bits per heavy atom. The van der Waals surface area contributed by atoms with E-state index in [-0.39, 0.29) is 5.56 Å². The van der Waals surface area contributed by atoms with Crippen LogP contribution < -0.4 is 0 Å². The smallest absolute Gasteiger partial charge is 0.287 e. The second-order valence-electron chi connectivity index (χ2n) is 3.92. The summed E-state index contributed by atoms with van der Waals surface area (Å²) in [7, 11) is 0. The van der Waals surface area contributed by atoms with Crippen molar-refractivity contribution in [3.63, 3.8) is 0 Å². The van der Waals surface area contributed by atoms with Crippen molar-refractivity contribution in [3.05, 3.63) is 35.4 Å². The number of Topliss-reactive ketones (excluding diaryl/α,β-unsaturated/α-hetero) is 1. The summed E-state index contributed by atoms with van der Waals surface area (Å²) >= 11 is 0. The van der Waals surface area contributed by atoms with Crippen LogP contribution in [0, 0.1) is 12.8 Å². The molecule has 0 atom stereocenters. The Bertz CT molecular complexity index is 370. The third-order valence-electron chi connectivity index (χ3n) is 2.42. The fourth-order valence-corrected chi connectivity index (χ4v) is 1.27. The predicted octanol–water partition coefficient (Wildman–Crippen LogP) is 3.47. The first kappa shape index (κ1) is 11.8. The van der Waals surface area contributed by atoms with Crippen LogP contribution in [0.25, 0.3) is 0 Å². The normalized spacial score (nSPS) is 11.9. The first-order valence-corrected chi connectivity index (χ1v) is 4.85. The molecule has 1 aromatic carbocycles. The van der Waals surface area contributed by atoms with Gasteiger partial charge >= 0.3 is 5.92 Å². The highest BCUT2D eigenvalue weighted by Crippen LogP contribution is 2.29. The second kappa shape index (κ2) is 4.09. The Balaban J connectivity index is 3.11. The Labute approximate surface area is 88.1 Å². The average Bonchev–Trinajstić information content (AvgIpc) is 2.17. The molecule has 0 radical (unpaired) electrons. The third kappa shape index (κ3) is 2.22. The van der Waals surface area contributed by atoms with Crippen LogP contribution in [0.5, 0.6) is 0 Å². The van der Waals surface area contributed by atoms with Crippen LogP contribution in [0.1, 0.15) is 29.8 Å². The fourth-order valence-electron chi connectivity index (χ4n) is 1.27. The lowest BCUT2D eigenvalue weighted by Crippen LogP contribution is -2.34. The van der Waals surface area contributed by atoms with E-state index in [9.17, 15) is 13.6 Å². The average molecular weight is 212 g/mol. The summed E-state index contributed by atoms with van der Waals surface area (Å²) in [6.45, 7) is 4.34. The fraction of sp³-hybridized carbons (Fsp3) is 0.417. The van der Waals surface area contributed by atoms with Crippen molar-refractivity contribution in [2.45, 2.75) is 26.7 Å². The minimum atomic E-state index is -3.29. The Kier molecular flexibility index (Phi) is 3.22. The van der Waals surface area contributed by atoms with E-state index in [0.29, 0.717) is 5.56 Å². The molecule has 0 N–H and O–H groups in total. The number of carbonyl (C=O) groups is 1. The molecular weight excluding hydrogens is 198 g/mol. The number of rotatable bonds is 3. The van der Waals surface area contributed by atoms with E-state index < -0.39 is 17.6 Å². The molecule has 0 aliphatic carbocycles. The number of hydrogen-bond acceptors (Lipinski definition) is 1. The lowest BCUT2D eigenvalue weighted by molar-refractivity contribution is -0.0204. The zero-order chi connectivity index (χ0) is 11.6. The molecule has 0 amide bonds. The molecule has 0 fully saturated rings. The van der Waals surface area contributed by atoms with Crippen molar-refractivity contribution >= 4 is 5.78 Å².